The maximum atomic E-state index is 13.6. The summed E-state index contributed by atoms with van der Waals surface area (Å²) >= 11 is 0. The van der Waals surface area contributed by atoms with E-state index in [1.54, 1.807) is 0 Å². The minimum atomic E-state index is -0.116. The van der Waals surface area contributed by atoms with E-state index in [9.17, 15) is 9.59 Å². The molecule has 3 aromatic rings. The molecule has 0 atom stereocenters. The van der Waals surface area contributed by atoms with Crippen molar-refractivity contribution in [3.63, 3.8) is 0 Å². The van der Waals surface area contributed by atoms with Crippen molar-refractivity contribution < 1.29 is 9.59 Å². The quantitative estimate of drug-likeness (QED) is 0.608. The Morgan fingerprint density at radius 1 is 0.727 bits per heavy atom. The van der Waals surface area contributed by atoms with Gasteiger partial charge in [-0.25, -0.2) is 0 Å². The molecule has 1 aliphatic heterocycles. The summed E-state index contributed by atoms with van der Waals surface area (Å²) in [5.41, 5.74) is 13.5. The molecule has 33 heavy (non-hydrogen) atoms. The largest absolute Gasteiger partial charge is 0.318 e. The second-order valence-corrected chi connectivity index (χ2v) is 9.64. The van der Waals surface area contributed by atoms with Crippen LogP contribution in [0.1, 0.15) is 54.1 Å². The molecule has 0 saturated carbocycles. The van der Waals surface area contributed by atoms with E-state index >= 15 is 0 Å². The van der Waals surface area contributed by atoms with Crippen LogP contribution in [0, 0.1) is 13.8 Å². The number of likely N-dealkylation sites (N-methyl/N-ethyl adjacent to an activating group) is 1. The van der Waals surface area contributed by atoms with E-state index in [-0.39, 0.29) is 11.8 Å². The maximum Gasteiger partial charge on any atom is 0.261 e. The Hall–Kier alpha value is -3.24. The lowest BCUT2D eigenvalue weighted by molar-refractivity contribution is 0.0656. The fourth-order valence-corrected chi connectivity index (χ4v) is 6.07. The average Bonchev–Trinajstić information content (AvgIpc) is 3.06. The predicted octanol–water partition coefficient (Wildman–Crippen LogP) is 4.65. The van der Waals surface area contributed by atoms with Crippen molar-refractivity contribution in [1.82, 2.24) is 10.2 Å². The lowest BCUT2D eigenvalue weighted by Gasteiger charge is -2.31. The summed E-state index contributed by atoms with van der Waals surface area (Å²) in [6, 6.07) is 13.3. The Morgan fingerprint density at radius 2 is 1.21 bits per heavy atom. The number of nitrogens with one attached hydrogen (secondary N) is 1. The number of amides is 2. The van der Waals surface area contributed by atoms with Crippen molar-refractivity contribution in [2.75, 3.05) is 20.1 Å². The molecule has 0 unspecified atom stereocenters. The highest BCUT2D eigenvalue weighted by Gasteiger charge is 2.43. The van der Waals surface area contributed by atoms with Crippen LogP contribution in [0.2, 0.25) is 0 Å². The molecular weight excluding hydrogens is 408 g/mol. The SMILES string of the molecule is CNCCN1C(=O)c2c3c(c4c(c2C1=O)CCc1cc(C)ccc1-4)-c1ccc(C)cc1CC3. The fourth-order valence-electron chi connectivity index (χ4n) is 6.07. The Balaban J connectivity index is 1.70. The molecule has 2 amide bonds. The van der Waals surface area contributed by atoms with Gasteiger partial charge in [-0.1, -0.05) is 47.5 Å². The summed E-state index contributed by atoms with van der Waals surface area (Å²) in [7, 11) is 1.85. The van der Waals surface area contributed by atoms with Gasteiger partial charge in [0.1, 0.15) is 0 Å². The number of rotatable bonds is 3. The molecule has 0 spiro atoms. The second-order valence-electron chi connectivity index (χ2n) is 9.64. The molecule has 0 aromatic heterocycles. The molecule has 6 rings (SSSR count). The van der Waals surface area contributed by atoms with Crippen LogP contribution in [0.5, 0.6) is 0 Å². The molecular formula is C29H28N2O2. The Kier molecular flexibility index (Phi) is 4.56. The molecule has 1 N–H and O–H groups in total. The van der Waals surface area contributed by atoms with Crippen molar-refractivity contribution in [3.8, 4) is 22.3 Å². The highest BCUT2D eigenvalue weighted by molar-refractivity contribution is 6.25. The van der Waals surface area contributed by atoms with E-state index in [1.807, 2.05) is 7.05 Å². The number of hydrogen-bond acceptors (Lipinski definition) is 3. The van der Waals surface area contributed by atoms with Gasteiger partial charge in [0.25, 0.3) is 11.8 Å². The van der Waals surface area contributed by atoms with Gasteiger partial charge in [-0.3, -0.25) is 14.5 Å². The van der Waals surface area contributed by atoms with Crippen LogP contribution in [-0.4, -0.2) is 36.9 Å². The van der Waals surface area contributed by atoms with Crippen LogP contribution in [0.25, 0.3) is 22.3 Å². The third kappa shape index (κ3) is 2.87. The van der Waals surface area contributed by atoms with Gasteiger partial charge in [0.2, 0.25) is 0 Å². The van der Waals surface area contributed by atoms with Gasteiger partial charge in [-0.2, -0.15) is 0 Å². The predicted molar refractivity (Wildman–Crippen MR) is 131 cm³/mol. The van der Waals surface area contributed by atoms with Crippen LogP contribution in [0.3, 0.4) is 0 Å². The highest BCUT2D eigenvalue weighted by Crippen LogP contribution is 2.50. The normalized spacial score (nSPS) is 15.7. The van der Waals surface area contributed by atoms with E-state index in [2.05, 4.69) is 55.6 Å². The molecule has 3 aliphatic rings. The Labute approximate surface area is 194 Å². The van der Waals surface area contributed by atoms with Gasteiger partial charge in [0.05, 0.1) is 11.1 Å². The second kappa shape index (κ2) is 7.39. The van der Waals surface area contributed by atoms with Gasteiger partial charge in [0.15, 0.2) is 0 Å². The van der Waals surface area contributed by atoms with Crippen LogP contribution in [0.15, 0.2) is 36.4 Å². The number of fused-ring (bicyclic) bond motifs is 10. The fraction of sp³-hybridized carbons (Fsp3) is 0.310. The molecule has 0 saturated heterocycles. The van der Waals surface area contributed by atoms with Gasteiger partial charge >= 0.3 is 0 Å². The number of aryl methyl sites for hydroxylation is 4. The lowest BCUT2D eigenvalue weighted by atomic mass is 9.72. The number of benzene rings is 3. The summed E-state index contributed by atoms with van der Waals surface area (Å²) in [5, 5.41) is 3.08. The number of hydrogen-bond donors (Lipinski definition) is 1. The van der Waals surface area contributed by atoms with Crippen molar-refractivity contribution >= 4 is 11.8 Å². The van der Waals surface area contributed by atoms with Crippen LogP contribution in [-0.2, 0) is 25.7 Å². The summed E-state index contributed by atoms with van der Waals surface area (Å²) in [4.78, 5) is 28.7. The van der Waals surface area contributed by atoms with E-state index in [1.165, 1.54) is 49.4 Å². The number of imide groups is 1. The molecule has 3 aromatic carbocycles. The Bertz CT molecular complexity index is 1270. The zero-order valence-corrected chi connectivity index (χ0v) is 19.5. The standard InChI is InChI=1S/C29H28N2O2/c1-16-4-8-20-18(14-16)6-10-22-24(20)25-21-9-5-17(2)15-19(21)7-11-23(25)27-26(22)28(32)31(29(27)33)13-12-30-3/h4-5,8-9,14-15,30H,6-7,10-13H2,1-3H3. The number of carbonyl (C=O) groups excluding carboxylic acids is 2. The first-order valence-corrected chi connectivity index (χ1v) is 11.9. The monoisotopic (exact) mass is 436 g/mol. The van der Waals surface area contributed by atoms with E-state index in [4.69, 9.17) is 0 Å². The topological polar surface area (TPSA) is 49.4 Å². The van der Waals surface area contributed by atoms with Crippen molar-refractivity contribution in [2.45, 2.75) is 39.5 Å². The molecule has 4 heteroatoms. The van der Waals surface area contributed by atoms with E-state index < -0.39 is 0 Å². The molecule has 0 fully saturated rings. The molecule has 0 radical (unpaired) electrons. The van der Waals surface area contributed by atoms with Crippen molar-refractivity contribution in [1.29, 1.82) is 0 Å². The average molecular weight is 437 g/mol. The minimum Gasteiger partial charge on any atom is -0.318 e. The number of carbonyl (C=O) groups is 2. The smallest absolute Gasteiger partial charge is 0.261 e. The number of nitrogens with zero attached hydrogens (tertiary/aromatic N) is 1. The van der Waals surface area contributed by atoms with Gasteiger partial charge in [-0.15, -0.1) is 0 Å². The van der Waals surface area contributed by atoms with Gasteiger partial charge in [0, 0.05) is 13.1 Å². The van der Waals surface area contributed by atoms with Crippen LogP contribution >= 0.6 is 0 Å². The molecule has 4 nitrogen and oxygen atoms in total. The highest BCUT2D eigenvalue weighted by atomic mass is 16.2. The van der Waals surface area contributed by atoms with Crippen LogP contribution in [0.4, 0.5) is 0 Å². The molecule has 2 aliphatic carbocycles. The van der Waals surface area contributed by atoms with E-state index in [0.717, 1.165) is 36.8 Å². The van der Waals surface area contributed by atoms with E-state index in [0.29, 0.717) is 24.2 Å². The molecule has 1 heterocycles. The maximum absolute atomic E-state index is 13.6. The third-order valence-electron chi connectivity index (χ3n) is 7.56. The van der Waals surface area contributed by atoms with Gasteiger partial charge in [-0.05, 0) is 91.1 Å². The summed E-state index contributed by atoms with van der Waals surface area (Å²) in [6.45, 7) is 5.26. The summed E-state index contributed by atoms with van der Waals surface area (Å²) < 4.78 is 0. The zero-order valence-electron chi connectivity index (χ0n) is 19.5. The minimum absolute atomic E-state index is 0.116. The van der Waals surface area contributed by atoms with Crippen molar-refractivity contribution in [3.05, 3.63) is 80.9 Å². The first-order valence-electron chi connectivity index (χ1n) is 11.9. The Morgan fingerprint density at radius 3 is 1.67 bits per heavy atom. The first kappa shape index (κ1) is 20.4. The first-order chi connectivity index (χ1) is 16.0. The van der Waals surface area contributed by atoms with Gasteiger partial charge < -0.3 is 5.32 Å². The summed E-state index contributed by atoms with van der Waals surface area (Å²) in [6.07, 6.45) is 3.38. The van der Waals surface area contributed by atoms with Crippen molar-refractivity contribution in [2.24, 2.45) is 0 Å². The summed E-state index contributed by atoms with van der Waals surface area (Å²) in [5.74, 6) is -0.232. The van der Waals surface area contributed by atoms with Crippen LogP contribution < -0.4 is 5.32 Å². The molecule has 166 valence electrons. The lowest BCUT2D eigenvalue weighted by Crippen LogP contribution is -2.35. The zero-order chi connectivity index (χ0) is 22.9. The molecule has 0 bridgehead atoms. The third-order valence-corrected chi connectivity index (χ3v) is 7.56.